The Morgan fingerprint density at radius 1 is 1.21 bits per heavy atom. The average Bonchev–Trinajstić information content (AvgIpc) is 3.44. The SMILES string of the molecule is CCc1ccc(C(=O)Nc2nc(-c3ccco3)c(C(=O)C3CCCCC3)s2)cn1. The topological polar surface area (TPSA) is 85.1 Å². The van der Waals surface area contributed by atoms with Crippen molar-refractivity contribution in [3.8, 4) is 11.5 Å². The Morgan fingerprint density at radius 3 is 2.69 bits per heavy atom. The van der Waals surface area contributed by atoms with Crippen LogP contribution in [0.1, 0.15) is 64.8 Å². The van der Waals surface area contributed by atoms with E-state index in [0.717, 1.165) is 37.8 Å². The number of nitrogens with one attached hydrogen (secondary N) is 1. The summed E-state index contributed by atoms with van der Waals surface area (Å²) in [6, 6.07) is 7.13. The molecule has 7 heteroatoms. The van der Waals surface area contributed by atoms with Crippen molar-refractivity contribution < 1.29 is 14.0 Å². The van der Waals surface area contributed by atoms with Crippen LogP contribution in [0.5, 0.6) is 0 Å². The maximum atomic E-state index is 13.2. The van der Waals surface area contributed by atoms with Crippen molar-refractivity contribution in [3.05, 3.63) is 52.9 Å². The van der Waals surface area contributed by atoms with Crippen molar-refractivity contribution in [1.82, 2.24) is 9.97 Å². The van der Waals surface area contributed by atoms with Crippen molar-refractivity contribution in [1.29, 1.82) is 0 Å². The molecule has 0 saturated heterocycles. The fourth-order valence-electron chi connectivity index (χ4n) is 3.61. The van der Waals surface area contributed by atoms with E-state index in [4.69, 9.17) is 4.42 Å². The Kier molecular flexibility index (Phi) is 5.85. The third-order valence-electron chi connectivity index (χ3n) is 5.25. The number of carbonyl (C=O) groups excluding carboxylic acids is 2. The minimum atomic E-state index is -0.295. The summed E-state index contributed by atoms with van der Waals surface area (Å²) in [5.74, 6) is 0.363. The molecule has 0 spiro atoms. The van der Waals surface area contributed by atoms with E-state index in [1.165, 1.54) is 17.8 Å². The summed E-state index contributed by atoms with van der Waals surface area (Å²) < 4.78 is 5.50. The van der Waals surface area contributed by atoms with Gasteiger partial charge in [-0.15, -0.1) is 0 Å². The first kappa shape index (κ1) is 19.5. The van der Waals surface area contributed by atoms with Gasteiger partial charge in [-0.3, -0.25) is 19.9 Å². The highest BCUT2D eigenvalue weighted by molar-refractivity contribution is 7.18. The molecule has 1 aliphatic rings. The van der Waals surface area contributed by atoms with Crippen LogP contribution in [0.15, 0.2) is 41.1 Å². The van der Waals surface area contributed by atoms with Gasteiger partial charge in [0.1, 0.15) is 10.6 Å². The first-order valence-corrected chi connectivity index (χ1v) is 10.8. The van der Waals surface area contributed by atoms with Crippen molar-refractivity contribution in [3.63, 3.8) is 0 Å². The number of aryl methyl sites for hydroxylation is 1. The smallest absolute Gasteiger partial charge is 0.259 e. The molecule has 150 valence electrons. The number of ketones is 1. The monoisotopic (exact) mass is 409 g/mol. The Bertz CT molecular complexity index is 987. The number of nitrogens with zero attached hydrogens (tertiary/aromatic N) is 2. The number of amides is 1. The number of thiazole rings is 1. The number of pyridine rings is 1. The van der Waals surface area contributed by atoms with E-state index in [1.54, 1.807) is 30.7 Å². The Balaban J connectivity index is 1.60. The molecule has 1 N–H and O–H groups in total. The van der Waals surface area contributed by atoms with Gasteiger partial charge in [-0.2, -0.15) is 0 Å². The number of furan rings is 1. The van der Waals surface area contributed by atoms with Gasteiger partial charge in [-0.05, 0) is 43.5 Å². The summed E-state index contributed by atoms with van der Waals surface area (Å²) in [4.78, 5) is 35.1. The van der Waals surface area contributed by atoms with Gasteiger partial charge in [0, 0.05) is 17.8 Å². The summed E-state index contributed by atoms with van der Waals surface area (Å²) in [5.41, 5.74) is 1.89. The summed E-state index contributed by atoms with van der Waals surface area (Å²) in [6.45, 7) is 2.01. The highest BCUT2D eigenvalue weighted by Gasteiger charge is 2.29. The van der Waals surface area contributed by atoms with Crippen LogP contribution in [0, 0.1) is 5.92 Å². The summed E-state index contributed by atoms with van der Waals surface area (Å²) in [5, 5.41) is 3.20. The van der Waals surface area contributed by atoms with Crippen LogP contribution in [0.4, 0.5) is 5.13 Å². The molecule has 6 nitrogen and oxygen atoms in total. The highest BCUT2D eigenvalue weighted by Crippen LogP contribution is 2.36. The van der Waals surface area contributed by atoms with Crippen LogP contribution in [0.2, 0.25) is 0 Å². The van der Waals surface area contributed by atoms with Crippen molar-refractivity contribution in [2.45, 2.75) is 45.4 Å². The lowest BCUT2D eigenvalue weighted by Crippen LogP contribution is -2.17. The predicted octanol–water partition coefficient (Wildman–Crippen LogP) is 5.38. The van der Waals surface area contributed by atoms with E-state index in [1.807, 2.05) is 13.0 Å². The van der Waals surface area contributed by atoms with E-state index in [2.05, 4.69) is 15.3 Å². The largest absolute Gasteiger partial charge is 0.463 e. The van der Waals surface area contributed by atoms with Gasteiger partial charge in [0.15, 0.2) is 16.7 Å². The zero-order chi connectivity index (χ0) is 20.2. The number of Topliss-reactive ketones (excluding diaryl/α,β-unsaturated/α-hetero) is 1. The molecule has 1 saturated carbocycles. The lowest BCUT2D eigenvalue weighted by Gasteiger charge is -2.19. The van der Waals surface area contributed by atoms with Crippen molar-refractivity contribution in [2.24, 2.45) is 5.92 Å². The molecule has 0 unspecified atom stereocenters. The number of rotatable bonds is 6. The maximum absolute atomic E-state index is 13.2. The van der Waals surface area contributed by atoms with Crippen molar-refractivity contribution in [2.75, 3.05) is 5.32 Å². The molecule has 3 heterocycles. The molecule has 0 radical (unpaired) electrons. The molecule has 0 aliphatic heterocycles. The van der Waals surface area contributed by atoms with E-state index < -0.39 is 0 Å². The zero-order valence-corrected chi connectivity index (χ0v) is 17.1. The van der Waals surface area contributed by atoms with E-state index in [-0.39, 0.29) is 17.6 Å². The fraction of sp³-hybridized carbons (Fsp3) is 0.364. The Labute approximate surface area is 173 Å². The molecule has 29 heavy (non-hydrogen) atoms. The fourth-order valence-corrected chi connectivity index (χ4v) is 4.59. The molecule has 4 rings (SSSR count). The standard InChI is InChI=1S/C22H23N3O3S/c1-2-16-11-10-15(13-23-16)21(27)25-22-24-18(17-9-6-12-28-17)20(29-22)19(26)14-7-4-3-5-8-14/h6,9-14H,2-5,7-8H2,1H3,(H,24,25,27). The lowest BCUT2D eigenvalue weighted by atomic mass is 9.85. The highest BCUT2D eigenvalue weighted by atomic mass is 32.1. The van der Waals surface area contributed by atoms with Gasteiger partial charge >= 0.3 is 0 Å². The van der Waals surface area contributed by atoms with E-state index in [0.29, 0.717) is 27.0 Å². The van der Waals surface area contributed by atoms with Crippen LogP contribution in [-0.4, -0.2) is 21.7 Å². The van der Waals surface area contributed by atoms with Gasteiger partial charge in [-0.25, -0.2) is 4.98 Å². The van der Waals surface area contributed by atoms with Gasteiger partial charge in [0.05, 0.1) is 11.8 Å². The first-order chi connectivity index (χ1) is 14.2. The second kappa shape index (κ2) is 8.69. The maximum Gasteiger partial charge on any atom is 0.259 e. The number of hydrogen-bond acceptors (Lipinski definition) is 6. The van der Waals surface area contributed by atoms with Crippen LogP contribution in [-0.2, 0) is 6.42 Å². The molecule has 3 aromatic rings. The summed E-state index contributed by atoms with van der Waals surface area (Å²) in [6.07, 6.45) is 9.09. The number of aromatic nitrogens is 2. The lowest BCUT2D eigenvalue weighted by molar-refractivity contribution is 0.0893. The molecular weight excluding hydrogens is 386 g/mol. The molecule has 1 aliphatic carbocycles. The van der Waals surface area contributed by atoms with E-state index in [9.17, 15) is 9.59 Å². The van der Waals surface area contributed by atoms with E-state index >= 15 is 0 Å². The third-order valence-corrected chi connectivity index (χ3v) is 6.24. The first-order valence-electron chi connectivity index (χ1n) is 10.0. The second-order valence-corrected chi connectivity index (χ2v) is 8.22. The molecule has 0 bridgehead atoms. The minimum absolute atomic E-state index is 0.0206. The predicted molar refractivity (Wildman–Crippen MR) is 112 cm³/mol. The molecule has 1 amide bonds. The molecule has 3 aromatic heterocycles. The normalized spacial score (nSPS) is 14.7. The van der Waals surface area contributed by atoms with Gasteiger partial charge in [-0.1, -0.05) is 37.5 Å². The zero-order valence-electron chi connectivity index (χ0n) is 16.3. The third kappa shape index (κ3) is 4.29. The Hall–Kier alpha value is -2.80. The molecule has 0 aromatic carbocycles. The molecular formula is C22H23N3O3S. The average molecular weight is 410 g/mol. The van der Waals surface area contributed by atoms with Gasteiger partial charge in [0.2, 0.25) is 0 Å². The van der Waals surface area contributed by atoms with Crippen molar-refractivity contribution >= 4 is 28.2 Å². The van der Waals surface area contributed by atoms with Crippen LogP contribution < -0.4 is 5.32 Å². The molecule has 0 atom stereocenters. The number of hydrogen-bond donors (Lipinski definition) is 1. The Morgan fingerprint density at radius 2 is 2.03 bits per heavy atom. The van der Waals surface area contributed by atoms with Gasteiger partial charge < -0.3 is 4.42 Å². The number of carbonyl (C=O) groups is 2. The van der Waals surface area contributed by atoms with Crippen LogP contribution in [0.25, 0.3) is 11.5 Å². The number of anilines is 1. The second-order valence-electron chi connectivity index (χ2n) is 7.22. The molecule has 1 fully saturated rings. The minimum Gasteiger partial charge on any atom is -0.463 e. The van der Waals surface area contributed by atoms with Gasteiger partial charge in [0.25, 0.3) is 5.91 Å². The summed E-state index contributed by atoms with van der Waals surface area (Å²) in [7, 11) is 0. The van der Waals surface area contributed by atoms with Crippen LogP contribution in [0.3, 0.4) is 0 Å². The quantitative estimate of drug-likeness (QED) is 0.553. The van der Waals surface area contributed by atoms with Crippen LogP contribution >= 0.6 is 11.3 Å². The summed E-state index contributed by atoms with van der Waals surface area (Å²) >= 11 is 1.22.